The molecule has 45 heavy (non-hydrogen) atoms. The summed E-state index contributed by atoms with van der Waals surface area (Å²) in [5, 5.41) is 16.7. The molecule has 0 N–H and O–H groups in total. The Morgan fingerprint density at radius 2 is 1.76 bits per heavy atom. The molecule has 1 aromatic heterocycles. The number of piperazine rings is 1. The average Bonchev–Trinajstić information content (AvgIpc) is 3.48. The third kappa shape index (κ3) is 6.92. The number of nitro groups is 1. The van der Waals surface area contributed by atoms with Gasteiger partial charge in [-0.1, -0.05) is 11.3 Å². The van der Waals surface area contributed by atoms with E-state index in [1.165, 1.54) is 75.3 Å². The molecule has 234 valence electrons. The van der Waals surface area contributed by atoms with Crippen molar-refractivity contribution in [1.29, 1.82) is 0 Å². The predicted octanol–water partition coefficient (Wildman–Crippen LogP) is 4.36. The Morgan fingerprint density at radius 3 is 2.38 bits per heavy atom. The van der Waals surface area contributed by atoms with E-state index in [2.05, 4.69) is 10.1 Å². The number of aromatic nitrogens is 1. The number of rotatable bonds is 9. The largest absolute Gasteiger partial charge is 0.497 e. The van der Waals surface area contributed by atoms with Crippen molar-refractivity contribution in [1.82, 2.24) is 14.2 Å². The first-order valence-corrected chi connectivity index (χ1v) is 16.0. The molecule has 3 aromatic carbocycles. The van der Waals surface area contributed by atoms with Gasteiger partial charge in [-0.2, -0.15) is 14.4 Å². The molecule has 16 heteroatoms. The summed E-state index contributed by atoms with van der Waals surface area (Å²) in [6.45, 7) is 2.55. The lowest BCUT2D eigenvalue weighted by Crippen LogP contribution is -2.50. The van der Waals surface area contributed by atoms with Crippen LogP contribution in [-0.2, 0) is 14.8 Å². The van der Waals surface area contributed by atoms with E-state index in [4.69, 9.17) is 9.47 Å². The summed E-state index contributed by atoms with van der Waals surface area (Å²) in [6.07, 6.45) is 0.897. The summed E-state index contributed by atoms with van der Waals surface area (Å²) in [5.74, 6) is 0.0373. The number of sulfonamides is 1. The van der Waals surface area contributed by atoms with Crippen LogP contribution in [-0.4, -0.2) is 85.6 Å². The van der Waals surface area contributed by atoms with Gasteiger partial charge in [-0.15, -0.1) is 0 Å². The summed E-state index contributed by atoms with van der Waals surface area (Å²) in [7, 11) is -2.35. The number of nitrogens with zero attached hydrogens (tertiary/aromatic N) is 6. The summed E-state index contributed by atoms with van der Waals surface area (Å²) < 4.78 is 39.0. The Morgan fingerprint density at radius 1 is 1.07 bits per heavy atom. The predicted molar refractivity (Wildman–Crippen MR) is 167 cm³/mol. The smallest absolute Gasteiger partial charge is 0.409 e. The lowest BCUT2D eigenvalue weighted by atomic mass is 10.2. The van der Waals surface area contributed by atoms with Gasteiger partial charge in [0, 0.05) is 43.9 Å². The molecule has 0 aliphatic carbocycles. The van der Waals surface area contributed by atoms with Crippen molar-refractivity contribution >= 4 is 60.6 Å². The summed E-state index contributed by atoms with van der Waals surface area (Å²) in [4.78, 5) is 42.3. The molecular weight excluding hydrogens is 624 g/mol. The number of benzene rings is 3. The Hall–Kier alpha value is -4.93. The van der Waals surface area contributed by atoms with E-state index in [0.717, 1.165) is 9.71 Å². The highest BCUT2D eigenvalue weighted by Gasteiger charge is 2.31. The van der Waals surface area contributed by atoms with Crippen molar-refractivity contribution in [3.63, 3.8) is 0 Å². The monoisotopic (exact) mass is 652 g/mol. The van der Waals surface area contributed by atoms with E-state index in [9.17, 15) is 28.1 Å². The molecule has 2 amide bonds. The van der Waals surface area contributed by atoms with Crippen molar-refractivity contribution in [2.45, 2.75) is 11.8 Å². The molecule has 0 unspecified atom stereocenters. The van der Waals surface area contributed by atoms with Crippen LogP contribution in [0.2, 0.25) is 0 Å². The average molecular weight is 653 g/mol. The van der Waals surface area contributed by atoms with Crippen molar-refractivity contribution in [2.24, 2.45) is 5.10 Å². The Bertz CT molecular complexity index is 1850. The number of nitro benzene ring substituents is 1. The molecule has 2 heterocycles. The number of non-ortho nitro benzene ring substituents is 1. The third-order valence-electron chi connectivity index (χ3n) is 6.89. The van der Waals surface area contributed by atoms with Crippen LogP contribution in [0.3, 0.4) is 0 Å². The van der Waals surface area contributed by atoms with Crippen molar-refractivity contribution in [3.05, 3.63) is 88.0 Å². The highest BCUT2D eigenvalue weighted by Crippen LogP contribution is 2.32. The van der Waals surface area contributed by atoms with Gasteiger partial charge in [-0.3, -0.25) is 14.9 Å². The highest BCUT2D eigenvalue weighted by atomic mass is 32.2. The number of ether oxygens (including phenoxy) is 2. The van der Waals surface area contributed by atoms with E-state index >= 15 is 0 Å². The second kappa shape index (κ2) is 13.4. The fraction of sp³-hybridized carbons (Fsp3) is 0.241. The number of thiazole rings is 1. The van der Waals surface area contributed by atoms with Gasteiger partial charge in [-0.25, -0.2) is 18.2 Å². The fourth-order valence-corrected chi connectivity index (χ4v) is 6.84. The first-order chi connectivity index (χ1) is 21.6. The van der Waals surface area contributed by atoms with Gasteiger partial charge in [0.15, 0.2) is 0 Å². The number of amides is 2. The Kier molecular flexibility index (Phi) is 9.36. The Labute approximate surface area is 262 Å². The second-order valence-corrected chi connectivity index (χ2v) is 12.6. The van der Waals surface area contributed by atoms with Crippen LogP contribution in [0, 0.1) is 10.1 Å². The lowest BCUT2D eigenvalue weighted by molar-refractivity contribution is -0.384. The number of hydrogen-bond acceptors (Lipinski definition) is 11. The van der Waals surface area contributed by atoms with Gasteiger partial charge in [0.25, 0.3) is 11.6 Å². The van der Waals surface area contributed by atoms with Gasteiger partial charge in [0.1, 0.15) is 5.75 Å². The summed E-state index contributed by atoms with van der Waals surface area (Å²) in [6, 6.07) is 16.4. The number of fused-ring (bicyclic) bond motifs is 1. The number of hydrogen-bond donors (Lipinski definition) is 0. The molecule has 0 atom stereocenters. The standard InChI is InChI=1S/C29H28N6O8S2/c1-3-43-29(37)32-14-16-33(17-15-32)45(40,41)24-11-6-21(7-12-24)27(36)34(30-19-20-4-8-22(9-5-20)35(38)39)28-31-25-13-10-23(42-2)18-26(25)44-28/h4-13,18-19H,3,14-17H2,1-2H3/b30-19+. The molecule has 1 fully saturated rings. The fourth-order valence-electron chi connectivity index (χ4n) is 4.47. The normalized spacial score (nSPS) is 14.0. The molecule has 0 radical (unpaired) electrons. The van der Waals surface area contributed by atoms with E-state index in [1.807, 2.05) is 0 Å². The number of methoxy groups -OCH3 is 1. The van der Waals surface area contributed by atoms with E-state index < -0.39 is 26.9 Å². The van der Waals surface area contributed by atoms with Gasteiger partial charge >= 0.3 is 6.09 Å². The number of hydrazone groups is 1. The molecule has 1 aliphatic rings. The van der Waals surface area contributed by atoms with Crippen molar-refractivity contribution in [2.75, 3.05) is 44.9 Å². The minimum atomic E-state index is -3.89. The van der Waals surface area contributed by atoms with Gasteiger partial charge in [0.2, 0.25) is 15.2 Å². The molecule has 0 spiro atoms. The first-order valence-electron chi connectivity index (χ1n) is 13.7. The van der Waals surface area contributed by atoms with Gasteiger partial charge < -0.3 is 14.4 Å². The van der Waals surface area contributed by atoms with Crippen LogP contribution in [0.4, 0.5) is 15.6 Å². The second-order valence-electron chi connectivity index (χ2n) is 9.65. The number of anilines is 1. The molecule has 14 nitrogen and oxygen atoms in total. The van der Waals surface area contributed by atoms with Crippen LogP contribution in [0.1, 0.15) is 22.8 Å². The zero-order chi connectivity index (χ0) is 32.1. The molecule has 1 saturated heterocycles. The summed E-state index contributed by atoms with van der Waals surface area (Å²) >= 11 is 1.20. The van der Waals surface area contributed by atoms with Crippen LogP contribution in [0.5, 0.6) is 5.75 Å². The van der Waals surface area contributed by atoms with Crippen molar-refractivity contribution < 1.29 is 32.4 Å². The maximum atomic E-state index is 13.8. The van der Waals surface area contributed by atoms with E-state index in [0.29, 0.717) is 16.8 Å². The molecule has 1 aliphatic heterocycles. The molecule has 5 rings (SSSR count). The van der Waals surface area contributed by atoms with Crippen molar-refractivity contribution in [3.8, 4) is 5.75 Å². The highest BCUT2D eigenvalue weighted by molar-refractivity contribution is 7.89. The lowest BCUT2D eigenvalue weighted by Gasteiger charge is -2.33. The van der Waals surface area contributed by atoms with Crippen LogP contribution < -0.4 is 9.75 Å². The molecular formula is C29H28N6O8S2. The summed E-state index contributed by atoms with van der Waals surface area (Å²) in [5.41, 5.74) is 1.18. The maximum Gasteiger partial charge on any atom is 0.409 e. The topological polar surface area (TPSA) is 165 Å². The number of carbonyl (C=O) groups excluding carboxylic acids is 2. The van der Waals surface area contributed by atoms with Crippen LogP contribution in [0.15, 0.2) is 76.7 Å². The quantitative estimate of drug-likeness (QED) is 0.145. The minimum absolute atomic E-state index is 0.00310. The number of carbonyl (C=O) groups is 2. The molecule has 4 aromatic rings. The van der Waals surface area contributed by atoms with Crippen LogP contribution in [0.25, 0.3) is 10.2 Å². The van der Waals surface area contributed by atoms with Crippen LogP contribution >= 0.6 is 11.3 Å². The zero-order valence-corrected chi connectivity index (χ0v) is 25.9. The zero-order valence-electron chi connectivity index (χ0n) is 24.2. The third-order valence-corrected chi connectivity index (χ3v) is 9.79. The Balaban J connectivity index is 1.40. The SMILES string of the molecule is CCOC(=O)N1CCN(S(=O)(=O)c2ccc(C(=O)N(/N=C/c3ccc([N+](=O)[O-])cc3)c3nc4ccc(OC)cc4s3)cc2)CC1. The van der Waals surface area contributed by atoms with Gasteiger partial charge in [-0.05, 0) is 67.1 Å². The molecule has 0 saturated carbocycles. The van der Waals surface area contributed by atoms with E-state index in [-0.39, 0.29) is 54.1 Å². The maximum absolute atomic E-state index is 13.8. The minimum Gasteiger partial charge on any atom is -0.497 e. The molecule has 0 bridgehead atoms. The van der Waals surface area contributed by atoms with Gasteiger partial charge in [0.05, 0.1) is 40.0 Å². The van der Waals surface area contributed by atoms with E-state index in [1.54, 1.807) is 32.2 Å². The first kappa shape index (κ1) is 31.5.